The van der Waals surface area contributed by atoms with Gasteiger partial charge in [0.05, 0.1) is 6.04 Å². The van der Waals surface area contributed by atoms with Gasteiger partial charge in [-0.3, -0.25) is 4.90 Å². The first-order valence-electron chi connectivity index (χ1n) is 7.22. The Hall–Kier alpha value is -1.68. The summed E-state index contributed by atoms with van der Waals surface area (Å²) >= 11 is 0. The first-order valence-corrected chi connectivity index (χ1v) is 7.22. The Kier molecular flexibility index (Phi) is 4.90. The van der Waals surface area contributed by atoms with Crippen LogP contribution in [0.5, 0.6) is 0 Å². The van der Waals surface area contributed by atoms with Crippen LogP contribution in [0.4, 0.5) is 0 Å². The standard InChI is InChI=1S/C16H23N3O/c1-5-6-11-19(4)13(3)15-17-18-16(20-15)14-9-7-12(2)8-10-14/h7-10,13H,5-6,11H2,1-4H3. The minimum atomic E-state index is 0.147. The SMILES string of the molecule is CCCCN(C)C(C)c1nnc(-c2ccc(C)cc2)o1. The third kappa shape index (κ3) is 3.45. The van der Waals surface area contributed by atoms with Crippen molar-refractivity contribution in [2.45, 2.75) is 39.7 Å². The molecular weight excluding hydrogens is 250 g/mol. The minimum absolute atomic E-state index is 0.147. The van der Waals surface area contributed by atoms with Gasteiger partial charge in [-0.25, -0.2) is 0 Å². The molecule has 0 aliphatic rings. The van der Waals surface area contributed by atoms with E-state index >= 15 is 0 Å². The van der Waals surface area contributed by atoms with Crippen molar-refractivity contribution in [1.29, 1.82) is 0 Å². The van der Waals surface area contributed by atoms with Crippen LogP contribution in [-0.4, -0.2) is 28.7 Å². The first-order chi connectivity index (χ1) is 9.61. The van der Waals surface area contributed by atoms with Crippen LogP contribution in [0.2, 0.25) is 0 Å². The smallest absolute Gasteiger partial charge is 0.247 e. The van der Waals surface area contributed by atoms with E-state index in [-0.39, 0.29) is 6.04 Å². The summed E-state index contributed by atoms with van der Waals surface area (Å²) in [5.41, 5.74) is 2.19. The fraction of sp³-hybridized carbons (Fsp3) is 0.500. The monoisotopic (exact) mass is 273 g/mol. The van der Waals surface area contributed by atoms with Crippen LogP contribution < -0.4 is 0 Å². The number of nitrogens with zero attached hydrogens (tertiary/aromatic N) is 3. The third-order valence-corrected chi connectivity index (χ3v) is 3.62. The molecule has 0 aliphatic carbocycles. The van der Waals surface area contributed by atoms with Crippen molar-refractivity contribution in [1.82, 2.24) is 15.1 Å². The fourth-order valence-corrected chi connectivity index (χ4v) is 2.01. The van der Waals surface area contributed by atoms with Crippen LogP contribution in [0.15, 0.2) is 28.7 Å². The molecule has 0 saturated heterocycles. The van der Waals surface area contributed by atoms with Crippen molar-refractivity contribution in [3.8, 4) is 11.5 Å². The van der Waals surface area contributed by atoms with E-state index in [1.807, 2.05) is 12.1 Å². The molecule has 0 saturated carbocycles. The van der Waals surface area contributed by atoms with Gasteiger partial charge in [-0.15, -0.1) is 10.2 Å². The van der Waals surface area contributed by atoms with Crippen LogP contribution in [0.1, 0.15) is 44.2 Å². The van der Waals surface area contributed by atoms with Crippen LogP contribution in [0, 0.1) is 6.92 Å². The Morgan fingerprint density at radius 2 is 1.90 bits per heavy atom. The molecule has 2 rings (SSSR count). The summed E-state index contributed by atoms with van der Waals surface area (Å²) in [4.78, 5) is 2.25. The Labute approximate surface area is 120 Å². The van der Waals surface area contributed by atoms with Crippen LogP contribution in [-0.2, 0) is 0 Å². The van der Waals surface area contributed by atoms with Gasteiger partial charge in [-0.05, 0) is 46.0 Å². The Morgan fingerprint density at radius 1 is 1.20 bits per heavy atom. The zero-order chi connectivity index (χ0) is 14.5. The van der Waals surface area contributed by atoms with Gasteiger partial charge in [0.1, 0.15) is 0 Å². The molecule has 0 radical (unpaired) electrons. The zero-order valence-corrected chi connectivity index (χ0v) is 12.8. The van der Waals surface area contributed by atoms with Gasteiger partial charge in [0.2, 0.25) is 11.8 Å². The van der Waals surface area contributed by atoms with Gasteiger partial charge in [-0.2, -0.15) is 0 Å². The number of rotatable bonds is 6. The lowest BCUT2D eigenvalue weighted by atomic mass is 10.1. The van der Waals surface area contributed by atoms with Crippen molar-refractivity contribution < 1.29 is 4.42 Å². The number of aromatic nitrogens is 2. The maximum atomic E-state index is 5.81. The van der Waals surface area contributed by atoms with Gasteiger partial charge in [0, 0.05) is 5.56 Å². The Bertz CT molecular complexity index is 533. The highest BCUT2D eigenvalue weighted by Gasteiger charge is 2.18. The summed E-state index contributed by atoms with van der Waals surface area (Å²) in [6, 6.07) is 8.27. The lowest BCUT2D eigenvalue weighted by Crippen LogP contribution is -2.23. The number of hydrogen-bond donors (Lipinski definition) is 0. The second kappa shape index (κ2) is 6.66. The highest BCUT2D eigenvalue weighted by molar-refractivity contribution is 5.52. The van der Waals surface area contributed by atoms with Crippen LogP contribution >= 0.6 is 0 Å². The average Bonchev–Trinajstić information content (AvgIpc) is 2.94. The van der Waals surface area contributed by atoms with Gasteiger partial charge in [-0.1, -0.05) is 31.0 Å². The summed E-state index contributed by atoms with van der Waals surface area (Å²) in [7, 11) is 2.09. The van der Waals surface area contributed by atoms with E-state index in [4.69, 9.17) is 4.42 Å². The molecule has 4 heteroatoms. The number of hydrogen-bond acceptors (Lipinski definition) is 4. The van der Waals surface area contributed by atoms with Gasteiger partial charge in [0.25, 0.3) is 0 Å². The molecule has 1 aromatic carbocycles. The molecule has 0 N–H and O–H groups in total. The molecule has 1 aromatic heterocycles. The zero-order valence-electron chi connectivity index (χ0n) is 12.8. The van der Waals surface area contributed by atoms with Crippen molar-refractivity contribution in [3.05, 3.63) is 35.7 Å². The van der Waals surface area contributed by atoms with E-state index in [0.717, 1.165) is 12.1 Å². The summed E-state index contributed by atoms with van der Waals surface area (Å²) < 4.78 is 5.81. The maximum Gasteiger partial charge on any atom is 0.247 e. The second-order valence-corrected chi connectivity index (χ2v) is 5.32. The molecule has 0 aliphatic heterocycles. The molecule has 1 unspecified atom stereocenters. The van der Waals surface area contributed by atoms with Crippen LogP contribution in [0.25, 0.3) is 11.5 Å². The van der Waals surface area contributed by atoms with Crippen molar-refractivity contribution in [3.63, 3.8) is 0 Å². The van der Waals surface area contributed by atoms with E-state index in [9.17, 15) is 0 Å². The van der Waals surface area contributed by atoms with E-state index in [0.29, 0.717) is 11.8 Å². The molecule has 20 heavy (non-hydrogen) atoms. The van der Waals surface area contributed by atoms with Crippen molar-refractivity contribution in [2.75, 3.05) is 13.6 Å². The summed E-state index contributed by atoms with van der Waals surface area (Å²) in [6.45, 7) is 7.40. The minimum Gasteiger partial charge on any atom is -0.419 e. The number of aryl methyl sites for hydroxylation is 1. The lowest BCUT2D eigenvalue weighted by molar-refractivity contribution is 0.223. The Morgan fingerprint density at radius 3 is 2.55 bits per heavy atom. The molecule has 0 bridgehead atoms. The van der Waals surface area contributed by atoms with E-state index in [1.54, 1.807) is 0 Å². The fourth-order valence-electron chi connectivity index (χ4n) is 2.01. The molecule has 0 spiro atoms. The second-order valence-electron chi connectivity index (χ2n) is 5.32. The maximum absolute atomic E-state index is 5.81. The average molecular weight is 273 g/mol. The van der Waals surface area contributed by atoms with E-state index in [2.05, 4.69) is 55.0 Å². The molecular formula is C16H23N3O. The quantitative estimate of drug-likeness (QED) is 0.802. The number of unbranched alkanes of at least 4 members (excludes halogenated alkanes) is 1. The molecule has 1 atom stereocenters. The largest absolute Gasteiger partial charge is 0.419 e. The van der Waals surface area contributed by atoms with E-state index in [1.165, 1.54) is 18.4 Å². The van der Waals surface area contributed by atoms with Gasteiger partial charge >= 0.3 is 0 Å². The predicted molar refractivity (Wildman–Crippen MR) is 80.4 cm³/mol. The van der Waals surface area contributed by atoms with Gasteiger partial charge in [0.15, 0.2) is 0 Å². The molecule has 2 aromatic rings. The number of benzene rings is 1. The van der Waals surface area contributed by atoms with E-state index < -0.39 is 0 Å². The lowest BCUT2D eigenvalue weighted by Gasteiger charge is -2.21. The van der Waals surface area contributed by atoms with Crippen molar-refractivity contribution >= 4 is 0 Å². The highest BCUT2D eigenvalue weighted by atomic mass is 16.4. The summed E-state index contributed by atoms with van der Waals surface area (Å²) in [5, 5.41) is 8.34. The topological polar surface area (TPSA) is 42.2 Å². The molecule has 0 amide bonds. The molecule has 1 heterocycles. The molecule has 4 nitrogen and oxygen atoms in total. The van der Waals surface area contributed by atoms with Crippen LogP contribution in [0.3, 0.4) is 0 Å². The summed E-state index contributed by atoms with van der Waals surface area (Å²) in [6.07, 6.45) is 2.37. The Balaban J connectivity index is 2.10. The molecule has 0 fully saturated rings. The van der Waals surface area contributed by atoms with Crippen molar-refractivity contribution in [2.24, 2.45) is 0 Å². The summed E-state index contributed by atoms with van der Waals surface area (Å²) in [5.74, 6) is 1.27. The normalized spacial score (nSPS) is 12.8. The third-order valence-electron chi connectivity index (χ3n) is 3.62. The predicted octanol–water partition coefficient (Wildman–Crippen LogP) is 3.84. The van der Waals surface area contributed by atoms with Gasteiger partial charge < -0.3 is 4.42 Å². The first kappa shape index (κ1) is 14.7. The molecule has 108 valence electrons. The highest BCUT2D eigenvalue weighted by Crippen LogP contribution is 2.23.